The molecular formula is C10H12N2O4. The number of carbonyl (C=O) groups excluding carboxylic acids is 2. The minimum Gasteiger partial charge on any atom is -0.493 e. The van der Waals surface area contributed by atoms with E-state index in [0.717, 1.165) is 0 Å². The monoisotopic (exact) mass is 224 g/mol. The number of hydrogen-bond acceptors (Lipinski definition) is 4. The number of hydrogen-bond donors (Lipinski definition) is 2. The molecule has 0 spiro atoms. The lowest BCUT2D eigenvalue weighted by atomic mass is 10.3. The first-order valence-electron chi connectivity index (χ1n) is 4.48. The predicted molar refractivity (Wildman–Crippen MR) is 56.2 cm³/mol. The highest BCUT2D eigenvalue weighted by Gasteiger charge is 2.07. The van der Waals surface area contributed by atoms with Gasteiger partial charge < -0.3 is 15.2 Å². The summed E-state index contributed by atoms with van der Waals surface area (Å²) in [6.07, 6.45) is 0. The fraction of sp³-hybridized carbons (Fsp3) is 0.200. The minimum atomic E-state index is -0.909. The maximum atomic E-state index is 11.0. The normalized spacial score (nSPS) is 9.31. The number of methoxy groups -OCH3 is 1. The molecule has 0 aliphatic carbocycles. The van der Waals surface area contributed by atoms with Crippen LogP contribution in [0.2, 0.25) is 0 Å². The molecule has 1 rings (SSSR count). The summed E-state index contributed by atoms with van der Waals surface area (Å²) < 4.78 is 10.2. The second-order valence-corrected chi connectivity index (χ2v) is 2.85. The standard InChI is InChI=1S/C10H12N2O4/c1-15-7-4-2-3-5-8(7)16-6-9(13)12-10(11)14/h2-5H,6H2,1H3,(H3,11,12,13,14). The molecule has 86 valence electrons. The topological polar surface area (TPSA) is 90.7 Å². The Morgan fingerprint density at radius 1 is 1.31 bits per heavy atom. The van der Waals surface area contributed by atoms with Crippen LogP contribution < -0.4 is 20.5 Å². The maximum absolute atomic E-state index is 11.0. The van der Waals surface area contributed by atoms with E-state index < -0.39 is 11.9 Å². The highest BCUT2D eigenvalue weighted by molar-refractivity contribution is 5.94. The fourth-order valence-electron chi connectivity index (χ4n) is 1.05. The van der Waals surface area contributed by atoms with Crippen molar-refractivity contribution in [2.75, 3.05) is 13.7 Å². The molecule has 0 aliphatic heterocycles. The van der Waals surface area contributed by atoms with Gasteiger partial charge in [0.05, 0.1) is 7.11 Å². The number of amides is 3. The van der Waals surface area contributed by atoms with E-state index in [-0.39, 0.29) is 6.61 Å². The Hall–Kier alpha value is -2.24. The quantitative estimate of drug-likeness (QED) is 0.767. The summed E-state index contributed by atoms with van der Waals surface area (Å²) in [5.74, 6) is 0.317. The third-order valence-corrected chi connectivity index (χ3v) is 1.69. The molecule has 0 aliphatic rings. The van der Waals surface area contributed by atoms with Gasteiger partial charge in [-0.15, -0.1) is 0 Å². The van der Waals surface area contributed by atoms with Gasteiger partial charge in [0.1, 0.15) is 0 Å². The summed E-state index contributed by atoms with van der Waals surface area (Å²) in [6.45, 7) is -0.302. The Morgan fingerprint density at radius 2 is 1.94 bits per heavy atom. The molecule has 6 heteroatoms. The lowest BCUT2D eigenvalue weighted by molar-refractivity contribution is -0.121. The number of ether oxygens (including phenoxy) is 2. The molecule has 1 aromatic rings. The van der Waals surface area contributed by atoms with E-state index in [0.29, 0.717) is 11.5 Å². The summed E-state index contributed by atoms with van der Waals surface area (Å²) in [7, 11) is 1.49. The van der Waals surface area contributed by atoms with E-state index in [4.69, 9.17) is 15.2 Å². The highest BCUT2D eigenvalue weighted by atomic mass is 16.5. The molecule has 0 unspecified atom stereocenters. The predicted octanol–water partition coefficient (Wildman–Crippen LogP) is 0.269. The van der Waals surface area contributed by atoms with Crippen LogP contribution in [-0.4, -0.2) is 25.7 Å². The van der Waals surface area contributed by atoms with Crippen molar-refractivity contribution in [2.45, 2.75) is 0 Å². The zero-order valence-electron chi connectivity index (χ0n) is 8.73. The number of imide groups is 1. The van der Waals surface area contributed by atoms with E-state index >= 15 is 0 Å². The Bertz CT molecular complexity index is 392. The lowest BCUT2D eigenvalue weighted by Gasteiger charge is -2.09. The van der Waals surface area contributed by atoms with Gasteiger partial charge in [-0.1, -0.05) is 12.1 Å². The average molecular weight is 224 g/mol. The Kier molecular flexibility index (Phi) is 4.14. The van der Waals surface area contributed by atoms with E-state index in [1.54, 1.807) is 24.3 Å². The molecule has 0 saturated carbocycles. The lowest BCUT2D eigenvalue weighted by Crippen LogP contribution is -2.38. The van der Waals surface area contributed by atoms with Gasteiger partial charge in [-0.25, -0.2) is 4.79 Å². The molecule has 0 atom stereocenters. The van der Waals surface area contributed by atoms with E-state index in [1.165, 1.54) is 7.11 Å². The van der Waals surface area contributed by atoms with Crippen molar-refractivity contribution in [3.8, 4) is 11.5 Å². The molecule has 0 heterocycles. The van der Waals surface area contributed by atoms with Crippen molar-refractivity contribution in [3.63, 3.8) is 0 Å². The molecule has 0 bridgehead atoms. The zero-order chi connectivity index (χ0) is 12.0. The molecular weight excluding hydrogens is 212 g/mol. The van der Waals surface area contributed by atoms with Gasteiger partial charge in [-0.3, -0.25) is 10.1 Å². The summed E-state index contributed by atoms with van der Waals surface area (Å²) in [4.78, 5) is 21.4. The molecule has 6 nitrogen and oxygen atoms in total. The molecule has 3 amide bonds. The number of nitrogens with one attached hydrogen (secondary N) is 1. The number of para-hydroxylation sites is 2. The van der Waals surface area contributed by atoms with E-state index in [1.807, 2.05) is 5.32 Å². The molecule has 0 radical (unpaired) electrons. The molecule has 1 aromatic carbocycles. The Labute approximate surface area is 92.3 Å². The highest BCUT2D eigenvalue weighted by Crippen LogP contribution is 2.25. The van der Waals surface area contributed by atoms with Gasteiger partial charge in [-0.05, 0) is 12.1 Å². The van der Waals surface area contributed by atoms with Crippen molar-refractivity contribution < 1.29 is 19.1 Å². The molecule has 0 saturated heterocycles. The first-order chi connectivity index (χ1) is 7.63. The van der Waals surface area contributed by atoms with Crippen molar-refractivity contribution >= 4 is 11.9 Å². The third kappa shape index (κ3) is 3.49. The SMILES string of the molecule is COc1ccccc1OCC(=O)NC(N)=O. The van der Waals surface area contributed by atoms with Crippen LogP contribution in [0.5, 0.6) is 11.5 Å². The maximum Gasteiger partial charge on any atom is 0.318 e. The molecule has 3 N–H and O–H groups in total. The first kappa shape index (κ1) is 11.8. The van der Waals surface area contributed by atoms with Gasteiger partial charge in [0, 0.05) is 0 Å². The number of urea groups is 1. The average Bonchev–Trinajstić information content (AvgIpc) is 2.26. The van der Waals surface area contributed by atoms with Gasteiger partial charge in [0.2, 0.25) is 0 Å². The van der Waals surface area contributed by atoms with E-state index in [2.05, 4.69) is 0 Å². The molecule has 16 heavy (non-hydrogen) atoms. The zero-order valence-corrected chi connectivity index (χ0v) is 8.73. The third-order valence-electron chi connectivity index (χ3n) is 1.69. The Morgan fingerprint density at radius 3 is 2.50 bits per heavy atom. The number of nitrogens with two attached hydrogens (primary N) is 1. The summed E-state index contributed by atoms with van der Waals surface area (Å²) in [6, 6.07) is 5.95. The smallest absolute Gasteiger partial charge is 0.318 e. The minimum absolute atomic E-state index is 0.302. The first-order valence-corrected chi connectivity index (χ1v) is 4.48. The summed E-state index contributed by atoms with van der Waals surface area (Å²) in [5, 5.41) is 1.88. The van der Waals surface area contributed by atoms with Crippen molar-refractivity contribution in [1.29, 1.82) is 0 Å². The number of benzene rings is 1. The van der Waals surface area contributed by atoms with Crippen molar-refractivity contribution in [2.24, 2.45) is 5.73 Å². The van der Waals surface area contributed by atoms with Crippen molar-refractivity contribution in [3.05, 3.63) is 24.3 Å². The van der Waals surface area contributed by atoms with Crippen LogP contribution in [-0.2, 0) is 4.79 Å². The van der Waals surface area contributed by atoms with Crippen LogP contribution >= 0.6 is 0 Å². The molecule has 0 fully saturated rings. The second kappa shape index (κ2) is 5.59. The van der Waals surface area contributed by atoms with Crippen LogP contribution in [0.3, 0.4) is 0 Å². The van der Waals surface area contributed by atoms with Crippen LogP contribution in [0.1, 0.15) is 0 Å². The molecule has 0 aromatic heterocycles. The van der Waals surface area contributed by atoms with Gasteiger partial charge in [-0.2, -0.15) is 0 Å². The summed E-state index contributed by atoms with van der Waals surface area (Å²) >= 11 is 0. The van der Waals surface area contributed by atoms with Crippen LogP contribution in [0.4, 0.5) is 4.79 Å². The van der Waals surface area contributed by atoms with Gasteiger partial charge >= 0.3 is 6.03 Å². The van der Waals surface area contributed by atoms with Crippen LogP contribution in [0.25, 0.3) is 0 Å². The fourth-order valence-corrected chi connectivity index (χ4v) is 1.05. The number of primary amides is 1. The van der Waals surface area contributed by atoms with Crippen molar-refractivity contribution in [1.82, 2.24) is 5.32 Å². The Balaban J connectivity index is 2.54. The van der Waals surface area contributed by atoms with E-state index in [9.17, 15) is 9.59 Å². The number of carbonyl (C=O) groups is 2. The van der Waals surface area contributed by atoms with Crippen LogP contribution in [0, 0.1) is 0 Å². The summed E-state index contributed by atoms with van der Waals surface area (Å²) in [5.41, 5.74) is 4.77. The largest absolute Gasteiger partial charge is 0.493 e. The van der Waals surface area contributed by atoms with Gasteiger partial charge in [0.25, 0.3) is 5.91 Å². The van der Waals surface area contributed by atoms with Gasteiger partial charge in [0.15, 0.2) is 18.1 Å². The number of rotatable bonds is 4. The second-order valence-electron chi connectivity index (χ2n) is 2.85. The van der Waals surface area contributed by atoms with Crippen LogP contribution in [0.15, 0.2) is 24.3 Å².